The van der Waals surface area contributed by atoms with Crippen LogP contribution < -0.4 is 16.0 Å². The van der Waals surface area contributed by atoms with E-state index in [0.717, 1.165) is 25.0 Å². The molecule has 2 aliphatic heterocycles. The third-order valence-corrected chi connectivity index (χ3v) is 4.09. The number of nitrogens with zero attached hydrogens (tertiary/aromatic N) is 1. The standard InChI is InChI=1S/C14H21N3/c15-8-5-11-1-3-12(4-2-11)17-10-7-13-14(17)6-9-16-13/h1-4,13-14,16H,5-10,15H2. The molecule has 3 N–H and O–H groups in total. The lowest BCUT2D eigenvalue weighted by Crippen LogP contribution is -2.34. The Kier molecular flexibility index (Phi) is 3.04. The van der Waals surface area contributed by atoms with Gasteiger partial charge in [0.15, 0.2) is 0 Å². The number of fused-ring (bicyclic) bond motifs is 1. The van der Waals surface area contributed by atoms with E-state index in [1.807, 2.05) is 0 Å². The van der Waals surface area contributed by atoms with Crippen LogP contribution in [0.15, 0.2) is 24.3 Å². The largest absolute Gasteiger partial charge is 0.367 e. The van der Waals surface area contributed by atoms with Gasteiger partial charge >= 0.3 is 0 Å². The minimum atomic E-state index is 0.718. The maximum Gasteiger partial charge on any atom is 0.0455 e. The second-order valence-corrected chi connectivity index (χ2v) is 5.10. The summed E-state index contributed by atoms with van der Waals surface area (Å²) in [5.41, 5.74) is 8.29. The Balaban J connectivity index is 1.75. The van der Waals surface area contributed by atoms with Crippen LogP contribution in [0.4, 0.5) is 5.69 Å². The summed E-state index contributed by atoms with van der Waals surface area (Å²) in [5, 5.41) is 3.59. The van der Waals surface area contributed by atoms with Gasteiger partial charge < -0.3 is 16.0 Å². The summed E-state index contributed by atoms with van der Waals surface area (Å²) in [4.78, 5) is 2.57. The minimum Gasteiger partial charge on any atom is -0.367 e. The van der Waals surface area contributed by atoms with E-state index in [0.29, 0.717) is 0 Å². The quantitative estimate of drug-likeness (QED) is 0.819. The molecule has 2 unspecified atom stereocenters. The van der Waals surface area contributed by atoms with Crippen LogP contribution in [0.5, 0.6) is 0 Å². The lowest BCUT2D eigenvalue weighted by atomic mass is 10.1. The first-order valence-corrected chi connectivity index (χ1v) is 6.67. The van der Waals surface area contributed by atoms with Crippen molar-refractivity contribution in [3.8, 4) is 0 Å². The van der Waals surface area contributed by atoms with Crippen LogP contribution in [-0.2, 0) is 6.42 Å². The van der Waals surface area contributed by atoms with Crippen molar-refractivity contribution in [2.75, 3.05) is 24.5 Å². The third-order valence-electron chi connectivity index (χ3n) is 4.09. The molecule has 92 valence electrons. The molecule has 2 heterocycles. The summed E-state index contributed by atoms with van der Waals surface area (Å²) in [7, 11) is 0. The van der Waals surface area contributed by atoms with E-state index in [4.69, 9.17) is 5.73 Å². The fourth-order valence-corrected chi connectivity index (χ4v) is 3.21. The van der Waals surface area contributed by atoms with E-state index in [-0.39, 0.29) is 0 Å². The third kappa shape index (κ3) is 2.05. The Morgan fingerprint density at radius 3 is 2.82 bits per heavy atom. The Morgan fingerprint density at radius 1 is 1.24 bits per heavy atom. The lowest BCUT2D eigenvalue weighted by Gasteiger charge is -2.25. The van der Waals surface area contributed by atoms with Gasteiger partial charge in [0, 0.05) is 24.3 Å². The predicted molar refractivity (Wildman–Crippen MR) is 71.4 cm³/mol. The van der Waals surface area contributed by atoms with Gasteiger partial charge in [-0.3, -0.25) is 0 Å². The molecule has 0 bridgehead atoms. The molecule has 0 aliphatic carbocycles. The van der Waals surface area contributed by atoms with E-state index in [1.54, 1.807) is 0 Å². The SMILES string of the molecule is NCCc1ccc(N2CCC3NCCC32)cc1. The van der Waals surface area contributed by atoms with Crippen LogP contribution in [0.25, 0.3) is 0 Å². The van der Waals surface area contributed by atoms with E-state index in [9.17, 15) is 0 Å². The predicted octanol–water partition coefficient (Wildman–Crippen LogP) is 1.13. The molecule has 0 amide bonds. The van der Waals surface area contributed by atoms with Crippen molar-refractivity contribution in [3.63, 3.8) is 0 Å². The molecule has 0 spiro atoms. The fourth-order valence-electron chi connectivity index (χ4n) is 3.21. The van der Waals surface area contributed by atoms with Gasteiger partial charge in [-0.05, 0) is 50.0 Å². The molecule has 1 aromatic rings. The molecule has 2 fully saturated rings. The van der Waals surface area contributed by atoms with Crippen molar-refractivity contribution in [3.05, 3.63) is 29.8 Å². The number of anilines is 1. The molecular weight excluding hydrogens is 210 g/mol. The number of hydrogen-bond donors (Lipinski definition) is 2. The van der Waals surface area contributed by atoms with Crippen LogP contribution in [0, 0.1) is 0 Å². The topological polar surface area (TPSA) is 41.3 Å². The summed E-state index contributed by atoms with van der Waals surface area (Å²) < 4.78 is 0. The van der Waals surface area contributed by atoms with Gasteiger partial charge in [0.05, 0.1) is 0 Å². The number of benzene rings is 1. The molecule has 2 atom stereocenters. The first kappa shape index (κ1) is 11.1. The zero-order chi connectivity index (χ0) is 11.7. The van der Waals surface area contributed by atoms with Crippen LogP contribution in [-0.4, -0.2) is 31.7 Å². The van der Waals surface area contributed by atoms with Gasteiger partial charge in [0.1, 0.15) is 0 Å². The lowest BCUT2D eigenvalue weighted by molar-refractivity contribution is 0.601. The second-order valence-electron chi connectivity index (χ2n) is 5.10. The highest BCUT2D eigenvalue weighted by Gasteiger charge is 2.37. The summed E-state index contributed by atoms with van der Waals surface area (Å²) >= 11 is 0. The van der Waals surface area contributed by atoms with Crippen LogP contribution in [0.1, 0.15) is 18.4 Å². The van der Waals surface area contributed by atoms with Crippen molar-refractivity contribution in [2.45, 2.75) is 31.3 Å². The highest BCUT2D eigenvalue weighted by molar-refractivity contribution is 5.50. The Morgan fingerprint density at radius 2 is 2.06 bits per heavy atom. The van der Waals surface area contributed by atoms with Crippen LogP contribution >= 0.6 is 0 Å². The molecule has 3 rings (SSSR count). The Hall–Kier alpha value is -1.06. The monoisotopic (exact) mass is 231 g/mol. The van der Waals surface area contributed by atoms with Crippen molar-refractivity contribution < 1.29 is 0 Å². The van der Waals surface area contributed by atoms with E-state index >= 15 is 0 Å². The number of nitrogens with two attached hydrogens (primary N) is 1. The molecule has 17 heavy (non-hydrogen) atoms. The van der Waals surface area contributed by atoms with Crippen molar-refractivity contribution in [2.24, 2.45) is 5.73 Å². The summed E-state index contributed by atoms with van der Waals surface area (Å²) in [5.74, 6) is 0. The van der Waals surface area contributed by atoms with Gasteiger partial charge in [-0.1, -0.05) is 12.1 Å². The second kappa shape index (κ2) is 4.67. The molecule has 0 radical (unpaired) electrons. The molecular formula is C14H21N3. The number of rotatable bonds is 3. The maximum absolute atomic E-state index is 5.57. The molecule has 2 saturated heterocycles. The fraction of sp³-hybridized carbons (Fsp3) is 0.571. The Labute approximate surface area is 103 Å². The smallest absolute Gasteiger partial charge is 0.0455 e. The minimum absolute atomic E-state index is 0.718. The van der Waals surface area contributed by atoms with Gasteiger partial charge in [-0.2, -0.15) is 0 Å². The first-order valence-electron chi connectivity index (χ1n) is 6.67. The molecule has 3 nitrogen and oxygen atoms in total. The number of hydrogen-bond acceptors (Lipinski definition) is 3. The van der Waals surface area contributed by atoms with E-state index in [1.165, 1.54) is 37.2 Å². The summed E-state index contributed by atoms with van der Waals surface area (Å²) in [6, 6.07) is 10.4. The average Bonchev–Trinajstić information content (AvgIpc) is 2.93. The maximum atomic E-state index is 5.57. The summed E-state index contributed by atoms with van der Waals surface area (Å²) in [6.45, 7) is 3.10. The zero-order valence-electron chi connectivity index (χ0n) is 10.2. The van der Waals surface area contributed by atoms with E-state index < -0.39 is 0 Å². The highest BCUT2D eigenvalue weighted by atomic mass is 15.2. The number of nitrogens with one attached hydrogen (secondary N) is 1. The molecule has 2 aliphatic rings. The highest BCUT2D eigenvalue weighted by Crippen LogP contribution is 2.30. The molecule has 0 aromatic heterocycles. The van der Waals surface area contributed by atoms with Crippen molar-refractivity contribution in [1.82, 2.24) is 5.32 Å². The zero-order valence-corrected chi connectivity index (χ0v) is 10.2. The van der Waals surface area contributed by atoms with Crippen LogP contribution in [0.3, 0.4) is 0 Å². The van der Waals surface area contributed by atoms with Gasteiger partial charge in [0.2, 0.25) is 0 Å². The molecule has 1 aromatic carbocycles. The van der Waals surface area contributed by atoms with Crippen LogP contribution in [0.2, 0.25) is 0 Å². The van der Waals surface area contributed by atoms with Gasteiger partial charge in [-0.25, -0.2) is 0 Å². The molecule has 3 heteroatoms. The van der Waals surface area contributed by atoms with Gasteiger partial charge in [0.25, 0.3) is 0 Å². The van der Waals surface area contributed by atoms with Gasteiger partial charge in [-0.15, -0.1) is 0 Å². The Bertz CT molecular complexity index is 374. The first-order chi connectivity index (χ1) is 8.38. The van der Waals surface area contributed by atoms with Crippen molar-refractivity contribution >= 4 is 5.69 Å². The average molecular weight is 231 g/mol. The van der Waals surface area contributed by atoms with Crippen molar-refractivity contribution in [1.29, 1.82) is 0 Å². The van der Waals surface area contributed by atoms with E-state index in [2.05, 4.69) is 34.5 Å². The normalized spacial score (nSPS) is 27.5. The summed E-state index contributed by atoms with van der Waals surface area (Å²) in [6.07, 6.45) is 3.55. The molecule has 0 saturated carbocycles.